The normalized spacial score (nSPS) is 24.1. The fourth-order valence-electron chi connectivity index (χ4n) is 4.71. The van der Waals surface area contributed by atoms with Crippen LogP contribution >= 0.6 is 0 Å². The fraction of sp³-hybridized carbons (Fsp3) is 0.476. The third-order valence-corrected chi connectivity index (χ3v) is 6.09. The van der Waals surface area contributed by atoms with Crippen molar-refractivity contribution >= 4 is 11.6 Å². The Bertz CT molecular complexity index is 877. The van der Waals surface area contributed by atoms with Crippen LogP contribution in [-0.4, -0.2) is 16.9 Å². The molecule has 4 atom stereocenters. The van der Waals surface area contributed by atoms with Gasteiger partial charge < -0.3 is 14.5 Å². The molecule has 2 aromatic rings. The van der Waals surface area contributed by atoms with Gasteiger partial charge in [-0.05, 0) is 62.1 Å². The summed E-state index contributed by atoms with van der Waals surface area (Å²) in [4.78, 5) is 22.8. The Morgan fingerprint density at radius 3 is 2.89 bits per heavy atom. The second kappa shape index (κ2) is 7.66. The van der Waals surface area contributed by atoms with Crippen molar-refractivity contribution in [3.63, 3.8) is 0 Å². The van der Waals surface area contributed by atoms with E-state index in [4.69, 9.17) is 9.15 Å². The lowest BCUT2D eigenvalue weighted by atomic mass is 9.84. The highest BCUT2D eigenvalue weighted by Crippen LogP contribution is 2.49. The predicted molar refractivity (Wildman–Crippen MR) is 102 cm³/mol. The minimum absolute atomic E-state index is 0.0355. The summed E-state index contributed by atoms with van der Waals surface area (Å²) in [5.74, 6) is 3.07. The van der Waals surface area contributed by atoms with Crippen LogP contribution in [-0.2, 0) is 6.61 Å². The number of fused-ring (bicyclic) bond motifs is 2. The molecule has 2 bridgehead atoms. The monoisotopic (exact) mass is 384 g/mol. The second-order valence-corrected chi connectivity index (χ2v) is 7.91. The number of amides is 1. The molecule has 1 aromatic heterocycles. The zero-order valence-corrected chi connectivity index (χ0v) is 15.8. The van der Waals surface area contributed by atoms with Crippen LogP contribution in [0.5, 0.6) is 5.75 Å². The van der Waals surface area contributed by atoms with E-state index in [1.165, 1.54) is 37.8 Å². The standard InChI is InChI=1S/C21H24N2O5/c1-13(19-10-14-5-6-15(19)9-14)22-21(24)20-8-7-18(28-20)12-27-17-4-2-3-16(11-17)23(25)26/h2-4,7-8,11,13-15,19H,5-6,9-10,12H2,1H3,(H,22,24)/t13-,14-,15-,19+/m1/s1. The first-order valence-corrected chi connectivity index (χ1v) is 9.76. The minimum Gasteiger partial charge on any atom is -0.485 e. The molecule has 148 valence electrons. The number of nitro groups is 1. The molecule has 1 amide bonds. The van der Waals surface area contributed by atoms with E-state index in [-0.39, 0.29) is 30.0 Å². The molecule has 4 rings (SSSR count). The number of hydrogen-bond acceptors (Lipinski definition) is 5. The molecule has 0 unspecified atom stereocenters. The van der Waals surface area contributed by atoms with E-state index in [9.17, 15) is 14.9 Å². The number of rotatable bonds is 7. The highest BCUT2D eigenvalue weighted by Gasteiger charge is 2.42. The van der Waals surface area contributed by atoms with Gasteiger partial charge in [-0.15, -0.1) is 0 Å². The molecule has 2 fully saturated rings. The molecule has 1 aromatic carbocycles. The average molecular weight is 384 g/mol. The van der Waals surface area contributed by atoms with Crippen molar-refractivity contribution < 1.29 is 18.9 Å². The molecular formula is C21H24N2O5. The number of nitrogens with zero attached hydrogens (tertiary/aromatic N) is 1. The van der Waals surface area contributed by atoms with Crippen molar-refractivity contribution in [2.45, 2.75) is 45.3 Å². The number of hydrogen-bond donors (Lipinski definition) is 1. The molecule has 2 saturated carbocycles. The largest absolute Gasteiger partial charge is 0.485 e. The van der Waals surface area contributed by atoms with Crippen LogP contribution in [0.1, 0.15) is 48.9 Å². The van der Waals surface area contributed by atoms with Gasteiger partial charge in [-0.2, -0.15) is 0 Å². The quantitative estimate of drug-likeness (QED) is 0.567. The van der Waals surface area contributed by atoms with Gasteiger partial charge in [0.05, 0.1) is 11.0 Å². The maximum Gasteiger partial charge on any atom is 0.287 e. The zero-order chi connectivity index (χ0) is 19.7. The van der Waals surface area contributed by atoms with Crippen LogP contribution in [0.3, 0.4) is 0 Å². The summed E-state index contributed by atoms with van der Waals surface area (Å²) in [6, 6.07) is 9.42. The average Bonchev–Trinajstić information content (AvgIpc) is 3.43. The van der Waals surface area contributed by atoms with Crippen molar-refractivity contribution in [3.8, 4) is 5.75 Å². The van der Waals surface area contributed by atoms with Crippen LogP contribution in [0.15, 0.2) is 40.8 Å². The first-order chi connectivity index (χ1) is 13.5. The second-order valence-electron chi connectivity index (χ2n) is 7.91. The Kier molecular flexibility index (Phi) is 5.07. The summed E-state index contributed by atoms with van der Waals surface area (Å²) in [5, 5.41) is 13.9. The van der Waals surface area contributed by atoms with Crippen molar-refractivity contribution in [1.29, 1.82) is 0 Å². The molecule has 7 nitrogen and oxygen atoms in total. The van der Waals surface area contributed by atoms with E-state index in [0.717, 1.165) is 11.8 Å². The van der Waals surface area contributed by atoms with Gasteiger partial charge in [0.25, 0.3) is 11.6 Å². The fourth-order valence-corrected chi connectivity index (χ4v) is 4.71. The van der Waals surface area contributed by atoms with Crippen LogP contribution in [0, 0.1) is 27.9 Å². The van der Waals surface area contributed by atoms with Crippen molar-refractivity contribution in [2.75, 3.05) is 0 Å². The van der Waals surface area contributed by atoms with Crippen LogP contribution in [0.4, 0.5) is 5.69 Å². The van der Waals surface area contributed by atoms with Crippen molar-refractivity contribution in [1.82, 2.24) is 5.32 Å². The molecule has 0 spiro atoms. The maximum atomic E-state index is 12.5. The number of benzene rings is 1. The molecule has 0 radical (unpaired) electrons. The van der Waals surface area contributed by atoms with E-state index >= 15 is 0 Å². The summed E-state index contributed by atoms with van der Waals surface area (Å²) < 4.78 is 11.1. The number of carbonyl (C=O) groups is 1. The van der Waals surface area contributed by atoms with Crippen molar-refractivity contribution in [2.24, 2.45) is 17.8 Å². The number of furan rings is 1. The Morgan fingerprint density at radius 1 is 1.32 bits per heavy atom. The van der Waals surface area contributed by atoms with Crippen molar-refractivity contribution in [3.05, 3.63) is 58.0 Å². The van der Waals surface area contributed by atoms with Gasteiger partial charge in [-0.3, -0.25) is 14.9 Å². The summed E-state index contributed by atoms with van der Waals surface area (Å²) in [6.07, 6.45) is 5.15. The Morgan fingerprint density at radius 2 is 2.18 bits per heavy atom. The molecule has 2 aliphatic carbocycles. The highest BCUT2D eigenvalue weighted by atomic mass is 16.6. The molecule has 1 N–H and O–H groups in total. The number of non-ortho nitro benzene ring substituents is 1. The van der Waals surface area contributed by atoms with Crippen LogP contribution in [0.25, 0.3) is 0 Å². The smallest absolute Gasteiger partial charge is 0.287 e. The summed E-state index contributed by atoms with van der Waals surface area (Å²) in [6.45, 7) is 2.18. The van der Waals surface area contributed by atoms with Gasteiger partial charge in [0.1, 0.15) is 18.1 Å². The summed E-state index contributed by atoms with van der Waals surface area (Å²) >= 11 is 0. The Hall–Kier alpha value is -2.83. The third-order valence-electron chi connectivity index (χ3n) is 6.09. The number of carbonyl (C=O) groups excluding carboxylic acids is 1. The number of nitrogens with one attached hydrogen (secondary N) is 1. The molecule has 28 heavy (non-hydrogen) atoms. The first kappa shape index (κ1) is 18.5. The Labute approximate surface area is 163 Å². The molecule has 1 heterocycles. The van der Waals surface area contributed by atoms with E-state index in [2.05, 4.69) is 12.2 Å². The van der Waals surface area contributed by atoms with Gasteiger partial charge in [-0.25, -0.2) is 0 Å². The van der Waals surface area contributed by atoms with Gasteiger partial charge >= 0.3 is 0 Å². The Balaban J connectivity index is 1.31. The molecule has 2 aliphatic rings. The number of nitro benzene ring substituents is 1. The topological polar surface area (TPSA) is 94.6 Å². The van der Waals surface area contributed by atoms with Gasteiger partial charge in [0.15, 0.2) is 5.76 Å². The SMILES string of the molecule is C[C@@H](NC(=O)c1ccc(COc2cccc([N+](=O)[O-])c2)o1)[C@@H]1C[C@@H]2CC[C@@H]1C2. The van der Waals surface area contributed by atoms with Crippen LogP contribution in [0.2, 0.25) is 0 Å². The lowest BCUT2D eigenvalue weighted by molar-refractivity contribution is -0.384. The van der Waals surface area contributed by atoms with Gasteiger partial charge in [0, 0.05) is 12.1 Å². The molecule has 0 saturated heterocycles. The van der Waals surface area contributed by atoms with E-state index in [0.29, 0.717) is 17.4 Å². The molecule has 7 heteroatoms. The predicted octanol–water partition coefficient (Wildman–Crippen LogP) is 4.32. The van der Waals surface area contributed by atoms with Crippen LogP contribution < -0.4 is 10.1 Å². The summed E-state index contributed by atoms with van der Waals surface area (Å²) in [5.41, 5.74) is -0.0355. The molecular weight excluding hydrogens is 360 g/mol. The summed E-state index contributed by atoms with van der Waals surface area (Å²) in [7, 11) is 0. The van der Waals surface area contributed by atoms with E-state index in [1.54, 1.807) is 24.3 Å². The number of ether oxygens (including phenoxy) is 1. The highest BCUT2D eigenvalue weighted by molar-refractivity contribution is 5.91. The third kappa shape index (κ3) is 3.88. The van der Waals surface area contributed by atoms with E-state index < -0.39 is 4.92 Å². The lowest BCUT2D eigenvalue weighted by Gasteiger charge is -2.28. The van der Waals surface area contributed by atoms with Gasteiger partial charge in [-0.1, -0.05) is 12.5 Å². The minimum atomic E-state index is -0.473. The lowest BCUT2D eigenvalue weighted by Crippen LogP contribution is -2.40. The first-order valence-electron chi connectivity index (χ1n) is 9.76. The maximum absolute atomic E-state index is 12.5. The van der Waals surface area contributed by atoms with E-state index in [1.807, 2.05) is 0 Å². The van der Waals surface area contributed by atoms with Gasteiger partial charge in [0.2, 0.25) is 0 Å². The zero-order valence-electron chi connectivity index (χ0n) is 15.8. The molecule has 0 aliphatic heterocycles.